The van der Waals surface area contributed by atoms with Crippen molar-refractivity contribution in [3.63, 3.8) is 0 Å². The molecule has 1 fully saturated rings. The van der Waals surface area contributed by atoms with E-state index >= 15 is 0 Å². The Balaban J connectivity index is 1.27. The van der Waals surface area contributed by atoms with Crippen molar-refractivity contribution >= 4 is 32.6 Å². The molecule has 0 aliphatic carbocycles. The number of anilines is 1. The number of aromatic nitrogens is 1. The number of para-hydroxylation sites is 1. The van der Waals surface area contributed by atoms with Crippen LogP contribution in [0.4, 0.5) is 5.13 Å². The number of hydrogen-bond donors (Lipinski definition) is 0. The molecule has 2 heterocycles. The normalized spacial score (nSPS) is 14.4. The number of hydrogen-bond acceptors (Lipinski definition) is 4. The summed E-state index contributed by atoms with van der Waals surface area (Å²) in [6.07, 6.45) is 0.495. The van der Waals surface area contributed by atoms with Crippen LogP contribution < -0.4 is 4.90 Å². The number of nitrogens with zero attached hydrogens (tertiary/aromatic N) is 3. The maximum absolute atomic E-state index is 13.2. The third-order valence-corrected chi connectivity index (χ3v) is 7.07. The molecule has 0 N–H and O–H groups in total. The van der Waals surface area contributed by atoms with Gasteiger partial charge in [-0.05, 0) is 23.3 Å². The molecule has 5 rings (SSSR count). The molecule has 0 radical (unpaired) electrons. The fourth-order valence-electron chi connectivity index (χ4n) is 4.25. The minimum Gasteiger partial charge on any atom is -0.345 e. The Kier molecular flexibility index (Phi) is 5.67. The number of carbonyl (C=O) groups is 1. The van der Waals surface area contributed by atoms with Crippen LogP contribution in [0.5, 0.6) is 0 Å². The van der Waals surface area contributed by atoms with Crippen LogP contribution in [0.3, 0.4) is 0 Å². The van der Waals surface area contributed by atoms with Gasteiger partial charge in [-0.3, -0.25) is 4.79 Å². The van der Waals surface area contributed by atoms with Crippen molar-refractivity contribution in [1.82, 2.24) is 9.88 Å². The number of thiazole rings is 1. The second-order valence-corrected chi connectivity index (χ2v) is 8.92. The van der Waals surface area contributed by atoms with Crippen LogP contribution in [0.25, 0.3) is 10.2 Å². The molecule has 4 nitrogen and oxygen atoms in total. The number of benzene rings is 3. The zero-order valence-corrected chi connectivity index (χ0v) is 18.2. The van der Waals surface area contributed by atoms with Gasteiger partial charge >= 0.3 is 0 Å². The van der Waals surface area contributed by atoms with Crippen molar-refractivity contribution in [3.05, 3.63) is 96.1 Å². The van der Waals surface area contributed by atoms with Gasteiger partial charge in [0.15, 0.2) is 5.13 Å². The van der Waals surface area contributed by atoms with Crippen LogP contribution in [0.15, 0.2) is 84.9 Å². The first-order valence-corrected chi connectivity index (χ1v) is 11.6. The quantitative estimate of drug-likeness (QED) is 0.441. The van der Waals surface area contributed by atoms with Crippen LogP contribution >= 0.6 is 11.3 Å². The van der Waals surface area contributed by atoms with E-state index in [-0.39, 0.29) is 11.8 Å². The predicted octanol–water partition coefficient (Wildman–Crippen LogP) is 5.17. The smallest absolute Gasteiger partial charge is 0.223 e. The van der Waals surface area contributed by atoms with Crippen molar-refractivity contribution in [2.24, 2.45) is 0 Å². The maximum atomic E-state index is 13.2. The summed E-state index contributed by atoms with van der Waals surface area (Å²) in [5.74, 6) is 0.304. The first-order valence-electron chi connectivity index (χ1n) is 10.8. The first-order chi connectivity index (χ1) is 15.3. The zero-order valence-electron chi connectivity index (χ0n) is 17.4. The molecule has 1 aromatic heterocycles. The molecule has 0 spiro atoms. The van der Waals surface area contributed by atoms with E-state index in [0.717, 1.165) is 36.8 Å². The van der Waals surface area contributed by atoms with E-state index in [1.165, 1.54) is 15.8 Å². The topological polar surface area (TPSA) is 36.4 Å². The van der Waals surface area contributed by atoms with Crippen molar-refractivity contribution in [3.8, 4) is 0 Å². The lowest BCUT2D eigenvalue weighted by atomic mass is 9.88. The number of piperazine rings is 1. The summed E-state index contributed by atoms with van der Waals surface area (Å²) in [4.78, 5) is 22.3. The van der Waals surface area contributed by atoms with E-state index in [0.29, 0.717) is 6.42 Å². The molecule has 1 aliphatic heterocycles. The van der Waals surface area contributed by atoms with Crippen molar-refractivity contribution in [2.75, 3.05) is 31.1 Å². The molecule has 0 unspecified atom stereocenters. The second-order valence-electron chi connectivity index (χ2n) is 7.91. The summed E-state index contributed by atoms with van der Waals surface area (Å²) in [6, 6.07) is 29.0. The summed E-state index contributed by atoms with van der Waals surface area (Å²) in [5, 5.41) is 1.06. The minimum absolute atomic E-state index is 0.0807. The summed E-state index contributed by atoms with van der Waals surface area (Å²) < 4.78 is 1.21. The molecule has 0 atom stereocenters. The fourth-order valence-corrected chi connectivity index (χ4v) is 5.26. The zero-order chi connectivity index (χ0) is 21.0. The molecule has 0 bridgehead atoms. The fraction of sp³-hybridized carbons (Fsp3) is 0.231. The number of rotatable bonds is 5. The van der Waals surface area contributed by atoms with Gasteiger partial charge in [0, 0.05) is 38.5 Å². The highest BCUT2D eigenvalue weighted by molar-refractivity contribution is 7.22. The molecule has 1 amide bonds. The molecular formula is C26H25N3OS. The third kappa shape index (κ3) is 4.32. The van der Waals surface area contributed by atoms with E-state index in [2.05, 4.69) is 47.4 Å². The summed E-state index contributed by atoms with van der Waals surface area (Å²) in [7, 11) is 0. The largest absolute Gasteiger partial charge is 0.345 e. The van der Waals surface area contributed by atoms with Gasteiger partial charge in [0.05, 0.1) is 10.2 Å². The maximum Gasteiger partial charge on any atom is 0.223 e. The number of amides is 1. The predicted molar refractivity (Wildman–Crippen MR) is 128 cm³/mol. The average Bonchev–Trinajstić information content (AvgIpc) is 3.28. The Hall–Kier alpha value is -3.18. The summed E-state index contributed by atoms with van der Waals surface area (Å²) in [5.41, 5.74) is 3.43. The van der Waals surface area contributed by atoms with Gasteiger partial charge in [-0.15, -0.1) is 0 Å². The number of fused-ring (bicyclic) bond motifs is 1. The molecule has 0 saturated carbocycles. The molecule has 5 heteroatoms. The van der Waals surface area contributed by atoms with E-state index in [1.807, 2.05) is 47.4 Å². The SMILES string of the molecule is O=C(CC(c1ccccc1)c1ccccc1)N1CCN(c2nc3ccccc3s2)CC1. The van der Waals surface area contributed by atoms with Crippen LogP contribution in [0.2, 0.25) is 0 Å². The standard InChI is InChI=1S/C26H25N3OS/c30-25(19-22(20-9-3-1-4-10-20)21-11-5-2-6-12-21)28-15-17-29(18-16-28)26-27-23-13-7-8-14-24(23)31-26/h1-14,22H,15-19H2. The Morgan fingerprint density at radius 2 is 1.39 bits per heavy atom. The third-order valence-electron chi connectivity index (χ3n) is 5.97. The lowest BCUT2D eigenvalue weighted by Crippen LogP contribution is -2.49. The Morgan fingerprint density at radius 3 is 2.00 bits per heavy atom. The van der Waals surface area contributed by atoms with Gasteiger partial charge in [-0.25, -0.2) is 4.98 Å². The van der Waals surface area contributed by atoms with Crippen LogP contribution in [0, 0.1) is 0 Å². The summed E-state index contributed by atoms with van der Waals surface area (Å²) in [6.45, 7) is 3.13. The van der Waals surface area contributed by atoms with Crippen molar-refractivity contribution in [1.29, 1.82) is 0 Å². The molecule has 31 heavy (non-hydrogen) atoms. The Bertz CT molecular complexity index is 1080. The molecule has 3 aromatic carbocycles. The van der Waals surface area contributed by atoms with Crippen LogP contribution in [0.1, 0.15) is 23.5 Å². The van der Waals surface area contributed by atoms with Crippen LogP contribution in [-0.4, -0.2) is 42.0 Å². The molecular weight excluding hydrogens is 402 g/mol. The van der Waals surface area contributed by atoms with E-state index in [9.17, 15) is 4.79 Å². The van der Waals surface area contributed by atoms with Gasteiger partial charge in [-0.1, -0.05) is 84.1 Å². The molecule has 156 valence electrons. The van der Waals surface area contributed by atoms with Gasteiger partial charge in [0.1, 0.15) is 0 Å². The van der Waals surface area contributed by atoms with E-state index in [1.54, 1.807) is 11.3 Å². The average molecular weight is 428 g/mol. The summed E-state index contributed by atoms with van der Waals surface area (Å²) >= 11 is 1.73. The van der Waals surface area contributed by atoms with Gasteiger partial charge < -0.3 is 9.80 Å². The molecule has 1 aliphatic rings. The van der Waals surface area contributed by atoms with Gasteiger partial charge in [0.25, 0.3) is 0 Å². The second kappa shape index (κ2) is 8.90. The molecule has 1 saturated heterocycles. The Morgan fingerprint density at radius 1 is 0.806 bits per heavy atom. The molecule has 4 aromatic rings. The lowest BCUT2D eigenvalue weighted by Gasteiger charge is -2.35. The Labute approximate surface area is 186 Å². The van der Waals surface area contributed by atoms with Crippen LogP contribution in [-0.2, 0) is 4.79 Å². The van der Waals surface area contributed by atoms with Crippen molar-refractivity contribution in [2.45, 2.75) is 12.3 Å². The van der Waals surface area contributed by atoms with E-state index < -0.39 is 0 Å². The highest BCUT2D eigenvalue weighted by atomic mass is 32.1. The highest BCUT2D eigenvalue weighted by Crippen LogP contribution is 2.31. The van der Waals surface area contributed by atoms with Gasteiger partial charge in [0.2, 0.25) is 5.91 Å². The highest BCUT2D eigenvalue weighted by Gasteiger charge is 2.26. The minimum atomic E-state index is 0.0807. The van der Waals surface area contributed by atoms with Gasteiger partial charge in [-0.2, -0.15) is 0 Å². The number of carbonyl (C=O) groups excluding carboxylic acids is 1. The van der Waals surface area contributed by atoms with E-state index in [4.69, 9.17) is 4.98 Å². The monoisotopic (exact) mass is 427 g/mol. The van der Waals surface area contributed by atoms with Crippen molar-refractivity contribution < 1.29 is 4.79 Å². The lowest BCUT2D eigenvalue weighted by molar-refractivity contribution is -0.131. The first kappa shape index (κ1) is 19.8.